The Bertz CT molecular complexity index is 839. The number of hydrogen-bond donors (Lipinski definition) is 0. The highest BCUT2D eigenvalue weighted by molar-refractivity contribution is 6.31. The van der Waals surface area contributed by atoms with Crippen molar-refractivity contribution >= 4 is 11.6 Å². The van der Waals surface area contributed by atoms with Crippen LogP contribution in [0.1, 0.15) is 17.2 Å². The predicted octanol–water partition coefficient (Wildman–Crippen LogP) is 3.74. The number of epoxide rings is 1. The maximum absolute atomic E-state index is 14.4. The Kier molecular flexibility index (Phi) is 3.39. The van der Waals surface area contributed by atoms with Gasteiger partial charge in [0.25, 0.3) is 0 Å². The fraction of sp³-hybridized carbons (Fsp3) is 0.176. The van der Waals surface area contributed by atoms with E-state index in [1.54, 1.807) is 35.3 Å². The predicted molar refractivity (Wildman–Crippen MR) is 83.4 cm³/mol. The minimum Gasteiger partial charge on any atom is -0.354 e. The summed E-state index contributed by atoms with van der Waals surface area (Å²) in [6, 6.07) is 14.1. The van der Waals surface area contributed by atoms with Crippen molar-refractivity contribution in [1.82, 2.24) is 14.8 Å². The van der Waals surface area contributed by atoms with Gasteiger partial charge in [0, 0.05) is 16.1 Å². The van der Waals surface area contributed by atoms with Gasteiger partial charge in [0.2, 0.25) is 0 Å². The van der Waals surface area contributed by atoms with E-state index in [4.69, 9.17) is 16.3 Å². The number of ether oxygens (including phenoxy) is 1. The molecule has 4 rings (SSSR count). The van der Waals surface area contributed by atoms with E-state index in [2.05, 4.69) is 10.1 Å². The van der Waals surface area contributed by atoms with Crippen molar-refractivity contribution in [2.45, 2.75) is 18.2 Å². The van der Waals surface area contributed by atoms with Crippen LogP contribution in [0.3, 0.4) is 0 Å². The van der Waals surface area contributed by atoms with Gasteiger partial charge in [-0.3, -0.25) is 0 Å². The zero-order chi connectivity index (χ0) is 15.9. The third kappa shape index (κ3) is 2.42. The normalized spacial score (nSPS) is 23.0. The smallest absolute Gasteiger partial charge is 0.147 e. The van der Waals surface area contributed by atoms with Crippen LogP contribution in [-0.2, 0) is 16.9 Å². The largest absolute Gasteiger partial charge is 0.354 e. The summed E-state index contributed by atoms with van der Waals surface area (Å²) >= 11 is 6.29. The van der Waals surface area contributed by atoms with E-state index in [9.17, 15) is 4.39 Å². The van der Waals surface area contributed by atoms with Gasteiger partial charge in [-0.25, -0.2) is 14.1 Å². The van der Waals surface area contributed by atoms with E-state index in [0.717, 1.165) is 5.56 Å². The Morgan fingerprint density at radius 1 is 1.17 bits per heavy atom. The minimum atomic E-state index is -0.829. The second-order valence-corrected chi connectivity index (χ2v) is 5.89. The van der Waals surface area contributed by atoms with Crippen molar-refractivity contribution in [3.8, 4) is 0 Å². The van der Waals surface area contributed by atoms with Crippen LogP contribution in [0.4, 0.5) is 4.39 Å². The first kappa shape index (κ1) is 14.4. The molecule has 1 aliphatic heterocycles. The van der Waals surface area contributed by atoms with Crippen molar-refractivity contribution in [2.24, 2.45) is 0 Å². The van der Waals surface area contributed by atoms with Crippen LogP contribution in [0.15, 0.2) is 61.2 Å². The molecule has 0 radical (unpaired) electrons. The highest BCUT2D eigenvalue weighted by atomic mass is 35.5. The molecule has 1 aliphatic rings. The van der Waals surface area contributed by atoms with Crippen LogP contribution in [0.2, 0.25) is 5.02 Å². The first-order valence-corrected chi connectivity index (χ1v) is 7.58. The van der Waals surface area contributed by atoms with Crippen molar-refractivity contribution in [1.29, 1.82) is 0 Å². The minimum absolute atomic E-state index is 0.304. The molecule has 0 bridgehead atoms. The van der Waals surface area contributed by atoms with E-state index >= 15 is 0 Å². The lowest BCUT2D eigenvalue weighted by Gasteiger charge is -2.15. The summed E-state index contributed by atoms with van der Waals surface area (Å²) in [5.74, 6) is -0.304. The van der Waals surface area contributed by atoms with Gasteiger partial charge in [-0.1, -0.05) is 48.0 Å². The second-order valence-electron chi connectivity index (χ2n) is 5.48. The Morgan fingerprint density at radius 2 is 1.96 bits per heavy atom. The molecule has 3 aromatic rings. The Hall–Kier alpha value is -2.24. The average molecular weight is 330 g/mol. The topological polar surface area (TPSA) is 43.2 Å². The second kappa shape index (κ2) is 5.44. The summed E-state index contributed by atoms with van der Waals surface area (Å²) in [5.41, 5.74) is 0.516. The van der Waals surface area contributed by atoms with E-state index in [1.807, 2.05) is 18.2 Å². The van der Waals surface area contributed by atoms with Gasteiger partial charge in [0.05, 0.1) is 6.54 Å². The lowest BCUT2D eigenvalue weighted by Crippen LogP contribution is -2.21. The summed E-state index contributed by atoms with van der Waals surface area (Å²) in [4.78, 5) is 3.94. The molecule has 0 unspecified atom stereocenters. The number of benzene rings is 2. The highest BCUT2D eigenvalue weighted by Gasteiger charge is 2.60. The molecular formula is C17H13ClFN3O. The fourth-order valence-corrected chi connectivity index (χ4v) is 3.18. The number of nitrogens with zero attached hydrogens (tertiary/aromatic N) is 3. The molecule has 4 nitrogen and oxygen atoms in total. The monoisotopic (exact) mass is 329 g/mol. The molecule has 0 amide bonds. The Labute approximate surface area is 137 Å². The molecule has 0 aliphatic carbocycles. The van der Waals surface area contributed by atoms with E-state index < -0.39 is 5.60 Å². The summed E-state index contributed by atoms with van der Waals surface area (Å²) in [6.45, 7) is 0.365. The molecule has 23 heavy (non-hydrogen) atoms. The third-order valence-electron chi connectivity index (χ3n) is 4.08. The van der Waals surface area contributed by atoms with Crippen LogP contribution in [0, 0.1) is 5.82 Å². The average Bonchev–Trinajstić information content (AvgIpc) is 3.01. The lowest BCUT2D eigenvalue weighted by atomic mass is 9.91. The molecule has 116 valence electrons. The molecule has 0 spiro atoms. The number of halogens is 2. The van der Waals surface area contributed by atoms with Crippen molar-refractivity contribution in [3.05, 3.63) is 83.2 Å². The molecule has 1 aromatic heterocycles. The van der Waals surface area contributed by atoms with Crippen LogP contribution in [0.25, 0.3) is 0 Å². The molecule has 0 N–H and O–H groups in total. The maximum atomic E-state index is 14.4. The molecule has 2 atom stereocenters. The van der Waals surface area contributed by atoms with Crippen molar-refractivity contribution in [3.63, 3.8) is 0 Å². The van der Waals surface area contributed by atoms with Crippen molar-refractivity contribution < 1.29 is 9.13 Å². The molecule has 0 saturated carbocycles. The van der Waals surface area contributed by atoms with Crippen LogP contribution in [0.5, 0.6) is 0 Å². The van der Waals surface area contributed by atoms with E-state index in [0.29, 0.717) is 17.1 Å². The van der Waals surface area contributed by atoms with Crippen LogP contribution >= 0.6 is 11.6 Å². The summed E-state index contributed by atoms with van der Waals surface area (Å²) in [5, 5.41) is 4.72. The Balaban J connectivity index is 1.78. The summed E-state index contributed by atoms with van der Waals surface area (Å²) < 4.78 is 22.0. The quantitative estimate of drug-likeness (QED) is 0.685. The number of aromatic nitrogens is 3. The SMILES string of the molecule is Fc1ccccc1[C@]1(Cn2cncn2)O[C@H]1c1ccccc1Cl. The van der Waals surface area contributed by atoms with Gasteiger partial charge in [0.15, 0.2) is 0 Å². The van der Waals surface area contributed by atoms with Gasteiger partial charge >= 0.3 is 0 Å². The first-order valence-electron chi connectivity index (χ1n) is 7.20. The highest BCUT2D eigenvalue weighted by Crippen LogP contribution is 2.59. The molecule has 1 saturated heterocycles. The van der Waals surface area contributed by atoms with Crippen LogP contribution < -0.4 is 0 Å². The molecule has 2 aromatic carbocycles. The summed E-state index contributed by atoms with van der Waals surface area (Å²) in [7, 11) is 0. The fourth-order valence-electron chi connectivity index (χ4n) is 2.95. The summed E-state index contributed by atoms with van der Waals surface area (Å²) in [6.07, 6.45) is 2.72. The first-order chi connectivity index (χ1) is 11.2. The maximum Gasteiger partial charge on any atom is 0.147 e. The number of hydrogen-bond acceptors (Lipinski definition) is 3. The van der Waals surface area contributed by atoms with E-state index in [-0.39, 0.29) is 11.9 Å². The van der Waals surface area contributed by atoms with Gasteiger partial charge in [0.1, 0.15) is 30.2 Å². The zero-order valence-electron chi connectivity index (χ0n) is 12.1. The molecular weight excluding hydrogens is 317 g/mol. The zero-order valence-corrected chi connectivity index (χ0v) is 12.8. The molecule has 6 heteroatoms. The third-order valence-corrected chi connectivity index (χ3v) is 4.42. The Morgan fingerprint density at radius 3 is 2.70 bits per heavy atom. The van der Waals surface area contributed by atoms with Gasteiger partial charge in [-0.15, -0.1) is 0 Å². The van der Waals surface area contributed by atoms with Gasteiger partial charge in [-0.05, 0) is 12.1 Å². The number of rotatable bonds is 4. The standard InChI is InChI=1S/C17H13ClFN3O/c18-14-7-3-1-5-12(14)16-17(23-16,9-22-11-20-10-21-22)13-6-2-4-8-15(13)19/h1-8,10-11,16H,9H2/t16-,17-/m0/s1. The van der Waals surface area contributed by atoms with Gasteiger partial charge < -0.3 is 4.74 Å². The van der Waals surface area contributed by atoms with Gasteiger partial charge in [-0.2, -0.15) is 5.10 Å². The van der Waals surface area contributed by atoms with E-state index in [1.165, 1.54) is 12.4 Å². The molecule has 1 fully saturated rings. The molecule has 2 heterocycles. The van der Waals surface area contributed by atoms with Crippen molar-refractivity contribution in [2.75, 3.05) is 0 Å². The van der Waals surface area contributed by atoms with Crippen LogP contribution in [-0.4, -0.2) is 14.8 Å². The lowest BCUT2D eigenvalue weighted by molar-refractivity contribution is 0.257.